The highest BCUT2D eigenvalue weighted by atomic mass is 35.5. The van der Waals surface area contributed by atoms with E-state index in [1.807, 2.05) is 41.3 Å². The van der Waals surface area contributed by atoms with E-state index >= 15 is 0 Å². The van der Waals surface area contributed by atoms with E-state index in [0.717, 1.165) is 42.8 Å². The van der Waals surface area contributed by atoms with E-state index in [1.165, 1.54) is 6.26 Å². The number of benzene rings is 2. The maximum atomic E-state index is 12.0. The van der Waals surface area contributed by atoms with Crippen molar-refractivity contribution >= 4 is 27.3 Å². The third-order valence-electron chi connectivity index (χ3n) is 5.70. The topological polar surface area (TPSA) is 80.5 Å². The van der Waals surface area contributed by atoms with E-state index in [-0.39, 0.29) is 11.9 Å². The fourth-order valence-corrected chi connectivity index (χ4v) is 4.72. The fraction of sp³-hybridized carbons (Fsp3) is 0.458. The molecule has 5 nitrogen and oxygen atoms in total. The minimum absolute atomic E-state index is 0.0884. The van der Waals surface area contributed by atoms with E-state index in [1.54, 1.807) is 25.1 Å². The van der Waals surface area contributed by atoms with E-state index < -0.39 is 9.84 Å². The third kappa shape index (κ3) is 8.63. The molecule has 170 valence electrons. The first-order chi connectivity index (χ1) is 14.7. The fourth-order valence-electron chi connectivity index (χ4n) is 3.89. The summed E-state index contributed by atoms with van der Waals surface area (Å²) in [5, 5.41) is 0.794. The summed E-state index contributed by atoms with van der Waals surface area (Å²) in [5.74, 6) is 0.673. The van der Waals surface area contributed by atoms with Crippen LogP contribution in [0.5, 0.6) is 0 Å². The second kappa shape index (κ2) is 12.2. The van der Waals surface area contributed by atoms with E-state index in [2.05, 4.69) is 0 Å². The Morgan fingerprint density at radius 2 is 1.71 bits per heavy atom. The van der Waals surface area contributed by atoms with Crippen LogP contribution in [0, 0.1) is 5.92 Å². The molecule has 1 aliphatic carbocycles. The van der Waals surface area contributed by atoms with Gasteiger partial charge in [-0.15, -0.1) is 0 Å². The largest absolute Gasteiger partial charge is 0.340 e. The number of halogens is 1. The molecule has 0 atom stereocenters. The van der Waals surface area contributed by atoms with Crippen LogP contribution in [0.4, 0.5) is 0 Å². The molecule has 0 spiro atoms. The molecule has 7 heteroatoms. The number of hydrogen-bond donors (Lipinski definition) is 1. The maximum Gasteiger partial charge on any atom is 0.219 e. The molecule has 0 aliphatic heterocycles. The van der Waals surface area contributed by atoms with Crippen molar-refractivity contribution in [3.63, 3.8) is 0 Å². The van der Waals surface area contributed by atoms with Gasteiger partial charge in [0.15, 0.2) is 9.84 Å². The van der Waals surface area contributed by atoms with Gasteiger partial charge >= 0.3 is 0 Å². The summed E-state index contributed by atoms with van der Waals surface area (Å²) in [6.07, 6.45) is 6.04. The van der Waals surface area contributed by atoms with Crippen LogP contribution in [0.2, 0.25) is 5.02 Å². The van der Waals surface area contributed by atoms with Crippen LogP contribution in [0.1, 0.15) is 38.2 Å². The number of hydrogen-bond acceptors (Lipinski definition) is 4. The van der Waals surface area contributed by atoms with Crippen molar-refractivity contribution in [3.8, 4) is 0 Å². The first kappa shape index (κ1) is 25.4. The molecule has 1 saturated carbocycles. The number of carbonyl (C=O) groups excluding carboxylic acids is 1. The van der Waals surface area contributed by atoms with Crippen molar-refractivity contribution in [2.45, 2.75) is 50.0 Å². The van der Waals surface area contributed by atoms with Crippen molar-refractivity contribution in [3.05, 3.63) is 65.2 Å². The Kier molecular flexibility index (Phi) is 10.0. The average molecular weight is 465 g/mol. The summed E-state index contributed by atoms with van der Waals surface area (Å²) >= 11 is 5.54. The SMILES string of the molecule is CC(=O)N(CCc1cccc(S(C)(=O)=O)c1)C1CCC(CN)CC1.Clc1ccccc1. The van der Waals surface area contributed by atoms with Crippen LogP contribution >= 0.6 is 11.6 Å². The zero-order valence-electron chi connectivity index (χ0n) is 18.3. The Hall–Kier alpha value is -1.89. The van der Waals surface area contributed by atoms with Gasteiger partial charge in [0, 0.05) is 30.8 Å². The molecule has 0 aromatic heterocycles. The molecule has 0 bridgehead atoms. The number of rotatable bonds is 6. The normalized spacial score (nSPS) is 18.6. The molecule has 0 radical (unpaired) electrons. The van der Waals surface area contributed by atoms with E-state index in [4.69, 9.17) is 17.3 Å². The second-order valence-corrected chi connectivity index (χ2v) is 10.5. The van der Waals surface area contributed by atoms with Gasteiger partial charge in [0.2, 0.25) is 5.91 Å². The average Bonchev–Trinajstić information content (AvgIpc) is 2.75. The number of nitrogens with zero attached hydrogens (tertiary/aromatic N) is 1. The lowest BCUT2D eigenvalue weighted by molar-refractivity contribution is -0.131. The summed E-state index contributed by atoms with van der Waals surface area (Å²) in [4.78, 5) is 14.3. The van der Waals surface area contributed by atoms with Crippen LogP contribution in [0.3, 0.4) is 0 Å². The zero-order chi connectivity index (χ0) is 22.9. The minimum atomic E-state index is -3.20. The molecule has 0 unspecified atom stereocenters. The molecule has 31 heavy (non-hydrogen) atoms. The molecule has 1 aliphatic rings. The quantitative estimate of drug-likeness (QED) is 0.689. The van der Waals surface area contributed by atoms with Crippen LogP contribution in [-0.4, -0.2) is 44.6 Å². The highest BCUT2D eigenvalue weighted by Gasteiger charge is 2.26. The highest BCUT2D eigenvalue weighted by molar-refractivity contribution is 7.90. The molecule has 2 aromatic rings. The van der Waals surface area contributed by atoms with E-state index in [9.17, 15) is 13.2 Å². The van der Waals surface area contributed by atoms with Crippen molar-refractivity contribution in [1.29, 1.82) is 0 Å². The Morgan fingerprint density at radius 3 is 2.19 bits per heavy atom. The molecular formula is C24H33ClN2O3S. The first-order valence-corrected chi connectivity index (χ1v) is 12.9. The van der Waals surface area contributed by atoms with Crippen molar-refractivity contribution in [1.82, 2.24) is 4.90 Å². The van der Waals surface area contributed by atoms with Crippen LogP contribution < -0.4 is 5.73 Å². The van der Waals surface area contributed by atoms with E-state index in [0.29, 0.717) is 23.8 Å². The van der Waals surface area contributed by atoms with Gasteiger partial charge in [0.05, 0.1) is 4.90 Å². The number of nitrogens with two attached hydrogens (primary N) is 1. The van der Waals surface area contributed by atoms with Gasteiger partial charge < -0.3 is 10.6 Å². The zero-order valence-corrected chi connectivity index (χ0v) is 19.9. The summed E-state index contributed by atoms with van der Waals surface area (Å²) < 4.78 is 23.3. The monoisotopic (exact) mass is 464 g/mol. The van der Waals surface area contributed by atoms with Crippen molar-refractivity contribution in [2.24, 2.45) is 11.7 Å². The molecule has 2 N–H and O–H groups in total. The smallest absolute Gasteiger partial charge is 0.219 e. The van der Waals surface area contributed by atoms with Gasteiger partial charge in [-0.05, 0) is 74.4 Å². The Bertz CT molecular complexity index is 927. The van der Waals surface area contributed by atoms with Gasteiger partial charge in [-0.2, -0.15) is 0 Å². The lowest BCUT2D eigenvalue weighted by atomic mass is 9.85. The lowest BCUT2D eigenvalue weighted by Gasteiger charge is -2.36. The standard InChI is InChI=1S/C18H28N2O3S.C6H5Cl/c1-14(21)20(17-8-6-16(13-19)7-9-17)11-10-15-4-3-5-18(12-15)24(2,22)23;7-6-4-2-1-3-5-6/h3-5,12,16-17H,6-11,13,19H2,1-2H3;1-5H. The summed E-state index contributed by atoms with van der Waals surface area (Å²) in [6, 6.07) is 16.7. The molecule has 0 heterocycles. The molecule has 1 fully saturated rings. The van der Waals surface area contributed by atoms with Gasteiger partial charge in [-0.1, -0.05) is 41.9 Å². The predicted octanol–water partition coefficient (Wildman–Crippen LogP) is 4.34. The minimum Gasteiger partial charge on any atom is -0.340 e. The number of sulfone groups is 1. The van der Waals surface area contributed by atoms with Gasteiger partial charge in [0.25, 0.3) is 0 Å². The summed E-state index contributed by atoms with van der Waals surface area (Å²) in [5.41, 5.74) is 6.68. The molecule has 2 aromatic carbocycles. The first-order valence-electron chi connectivity index (χ1n) is 10.7. The predicted molar refractivity (Wildman–Crippen MR) is 127 cm³/mol. The summed E-state index contributed by atoms with van der Waals surface area (Å²) in [6.45, 7) is 2.97. The van der Waals surface area contributed by atoms with Gasteiger partial charge in [0.1, 0.15) is 0 Å². The third-order valence-corrected chi connectivity index (χ3v) is 7.06. The molecular weight excluding hydrogens is 432 g/mol. The maximum absolute atomic E-state index is 12.0. The van der Waals surface area contributed by atoms with Gasteiger partial charge in [-0.25, -0.2) is 8.42 Å². The number of carbonyl (C=O) groups is 1. The lowest BCUT2D eigenvalue weighted by Crippen LogP contribution is -2.43. The van der Waals surface area contributed by atoms with Crippen LogP contribution in [0.15, 0.2) is 59.5 Å². The molecule has 0 saturated heterocycles. The number of amides is 1. The Labute approximate surface area is 191 Å². The highest BCUT2D eigenvalue weighted by Crippen LogP contribution is 2.27. The Morgan fingerprint density at radius 1 is 1.06 bits per heavy atom. The summed E-state index contributed by atoms with van der Waals surface area (Å²) in [7, 11) is -3.20. The molecule has 3 rings (SSSR count). The van der Waals surface area contributed by atoms with Crippen molar-refractivity contribution in [2.75, 3.05) is 19.3 Å². The second-order valence-electron chi connectivity index (χ2n) is 8.09. The van der Waals surface area contributed by atoms with Crippen LogP contribution in [-0.2, 0) is 21.1 Å². The Balaban J connectivity index is 0.000000412. The van der Waals surface area contributed by atoms with Crippen LogP contribution in [0.25, 0.3) is 0 Å². The van der Waals surface area contributed by atoms with Gasteiger partial charge in [-0.3, -0.25) is 4.79 Å². The molecule has 1 amide bonds. The van der Waals surface area contributed by atoms with Crippen molar-refractivity contribution < 1.29 is 13.2 Å².